The van der Waals surface area contributed by atoms with Gasteiger partial charge in [-0.05, 0) is 18.8 Å². The molecule has 0 saturated carbocycles. The maximum atomic E-state index is 12.3. The van der Waals surface area contributed by atoms with E-state index in [1.165, 1.54) is 0 Å². The van der Waals surface area contributed by atoms with Crippen LogP contribution >= 0.6 is 0 Å². The van der Waals surface area contributed by atoms with Gasteiger partial charge in [0.05, 0.1) is 33.7 Å². The third-order valence-corrected chi connectivity index (χ3v) is 4.65. The van der Waals surface area contributed by atoms with Gasteiger partial charge in [-0.2, -0.15) is 0 Å². The van der Waals surface area contributed by atoms with E-state index < -0.39 is 30.4 Å². The smallest absolute Gasteiger partial charge is 0.308 e. The highest BCUT2D eigenvalue weighted by atomic mass is 16.7. The van der Waals surface area contributed by atoms with Gasteiger partial charge in [-0.1, -0.05) is 13.8 Å². The van der Waals surface area contributed by atoms with Crippen LogP contribution in [0, 0.1) is 12.3 Å². The van der Waals surface area contributed by atoms with Crippen molar-refractivity contribution < 1.29 is 37.8 Å². The third kappa shape index (κ3) is 10.1. The topological polar surface area (TPSA) is 88.1 Å². The molecule has 0 bridgehead atoms. The second kappa shape index (κ2) is 13.2. The van der Waals surface area contributed by atoms with Crippen LogP contribution < -0.4 is 0 Å². The van der Waals surface area contributed by atoms with Gasteiger partial charge in [0.1, 0.15) is 12.6 Å². The number of terminal acetylenes is 1. The molecule has 0 amide bonds. The number of nitrogens with zero attached hydrogens (tertiary/aromatic N) is 1. The molecule has 1 rings (SSSR count). The first-order chi connectivity index (χ1) is 14.2. The molecule has 1 unspecified atom stereocenters. The van der Waals surface area contributed by atoms with E-state index in [9.17, 15) is 14.4 Å². The first-order valence-electron chi connectivity index (χ1n) is 10.7. The van der Waals surface area contributed by atoms with Gasteiger partial charge < -0.3 is 23.4 Å². The van der Waals surface area contributed by atoms with E-state index in [-0.39, 0.29) is 31.8 Å². The molecule has 8 heteroatoms. The maximum absolute atomic E-state index is 12.3. The summed E-state index contributed by atoms with van der Waals surface area (Å²) in [6, 6.07) is 0. The van der Waals surface area contributed by atoms with Gasteiger partial charge in [-0.3, -0.25) is 14.4 Å². The lowest BCUT2D eigenvalue weighted by Gasteiger charge is -2.34. The van der Waals surface area contributed by atoms with Crippen molar-refractivity contribution in [2.24, 2.45) is 0 Å². The minimum Gasteiger partial charge on any atom is -0.460 e. The van der Waals surface area contributed by atoms with Crippen LogP contribution in [0.3, 0.4) is 0 Å². The van der Waals surface area contributed by atoms with E-state index in [1.807, 2.05) is 27.9 Å². The molecule has 0 N–H and O–H groups in total. The Morgan fingerprint density at radius 2 is 1.60 bits per heavy atom. The summed E-state index contributed by atoms with van der Waals surface area (Å²) in [5.41, 5.74) is 0. The fourth-order valence-electron chi connectivity index (χ4n) is 3.09. The van der Waals surface area contributed by atoms with Crippen molar-refractivity contribution in [3.05, 3.63) is 0 Å². The molecule has 1 aliphatic heterocycles. The van der Waals surface area contributed by atoms with Gasteiger partial charge in [0.25, 0.3) is 0 Å². The van der Waals surface area contributed by atoms with Crippen molar-refractivity contribution in [1.29, 1.82) is 0 Å². The Labute approximate surface area is 179 Å². The van der Waals surface area contributed by atoms with Gasteiger partial charge in [0, 0.05) is 25.7 Å². The summed E-state index contributed by atoms with van der Waals surface area (Å²) in [4.78, 5) is 36.0. The molecule has 170 valence electrons. The summed E-state index contributed by atoms with van der Waals surface area (Å²) in [6.45, 7) is 5.15. The van der Waals surface area contributed by atoms with E-state index in [2.05, 4.69) is 5.92 Å². The van der Waals surface area contributed by atoms with Gasteiger partial charge in [-0.15, -0.1) is 6.42 Å². The highest BCUT2D eigenvalue weighted by Gasteiger charge is 2.38. The Hall–Kier alpha value is -2.11. The average molecular weight is 427 g/mol. The first-order valence-corrected chi connectivity index (χ1v) is 10.7. The normalized spacial score (nSPS) is 21.4. The monoisotopic (exact) mass is 426 g/mol. The lowest BCUT2D eigenvalue weighted by molar-refractivity contribution is -0.883. The minimum absolute atomic E-state index is 0.0846. The summed E-state index contributed by atoms with van der Waals surface area (Å²) in [5.74, 6) is 1.46. The van der Waals surface area contributed by atoms with Crippen LogP contribution in [-0.4, -0.2) is 74.7 Å². The van der Waals surface area contributed by atoms with Crippen molar-refractivity contribution in [2.75, 3.05) is 33.8 Å². The summed E-state index contributed by atoms with van der Waals surface area (Å²) in [6.07, 6.45) is 5.92. The molecule has 30 heavy (non-hydrogen) atoms. The zero-order valence-corrected chi connectivity index (χ0v) is 18.7. The Morgan fingerprint density at radius 1 is 1.00 bits per heavy atom. The summed E-state index contributed by atoms with van der Waals surface area (Å²) >= 11 is 0. The molecule has 1 fully saturated rings. The standard InChI is InChI=1S/C22H36NO7/c1-6-10-19(24)28-17-15-18(29-20(25)11-7-2)22(27-16-17)30-21(26)12-9-14-23(4,5)13-8-3/h3,17-18,22H,6-7,9-16H2,1-2,4-5H3/q+1/t17-,18?,22+/m0/s1. The van der Waals surface area contributed by atoms with Gasteiger partial charge in [0.2, 0.25) is 6.29 Å². The molecule has 0 radical (unpaired) electrons. The molecule has 1 saturated heterocycles. The van der Waals surface area contributed by atoms with Crippen molar-refractivity contribution in [2.45, 2.75) is 77.3 Å². The van der Waals surface area contributed by atoms with E-state index in [0.717, 1.165) is 6.54 Å². The molecule has 8 nitrogen and oxygen atoms in total. The van der Waals surface area contributed by atoms with Crippen LogP contribution in [0.2, 0.25) is 0 Å². The quantitative estimate of drug-likeness (QED) is 0.205. The Bertz CT molecular complexity index is 611. The summed E-state index contributed by atoms with van der Waals surface area (Å²) < 4.78 is 22.5. The van der Waals surface area contributed by atoms with Crippen molar-refractivity contribution in [3.8, 4) is 12.3 Å². The molecule has 0 aliphatic carbocycles. The molecule has 0 spiro atoms. The second-order valence-corrected chi connectivity index (χ2v) is 8.19. The van der Waals surface area contributed by atoms with Gasteiger partial charge in [0.15, 0.2) is 6.10 Å². The molecule has 0 aromatic heterocycles. The van der Waals surface area contributed by atoms with E-state index in [1.54, 1.807) is 0 Å². The molecular formula is C22H36NO7+. The van der Waals surface area contributed by atoms with Crippen LogP contribution in [0.4, 0.5) is 0 Å². The highest BCUT2D eigenvalue weighted by molar-refractivity contribution is 5.71. The number of carbonyl (C=O) groups is 3. The number of hydrogen-bond acceptors (Lipinski definition) is 7. The van der Waals surface area contributed by atoms with Crippen LogP contribution in [0.5, 0.6) is 0 Å². The Balaban J connectivity index is 2.61. The molecule has 3 atom stereocenters. The van der Waals surface area contributed by atoms with E-state index in [0.29, 0.717) is 36.7 Å². The zero-order valence-electron chi connectivity index (χ0n) is 18.7. The largest absolute Gasteiger partial charge is 0.460 e. The van der Waals surface area contributed by atoms with Crippen LogP contribution in [0.25, 0.3) is 0 Å². The van der Waals surface area contributed by atoms with E-state index in [4.69, 9.17) is 25.4 Å². The fourth-order valence-corrected chi connectivity index (χ4v) is 3.09. The fraction of sp³-hybridized carbons (Fsp3) is 0.773. The summed E-state index contributed by atoms with van der Waals surface area (Å²) in [7, 11) is 4.00. The average Bonchev–Trinajstić information content (AvgIpc) is 2.64. The van der Waals surface area contributed by atoms with Crippen molar-refractivity contribution in [3.63, 3.8) is 0 Å². The van der Waals surface area contributed by atoms with Gasteiger partial charge >= 0.3 is 17.9 Å². The predicted octanol–water partition coefficient (Wildman–Crippen LogP) is 2.19. The van der Waals surface area contributed by atoms with Gasteiger partial charge in [-0.25, -0.2) is 0 Å². The van der Waals surface area contributed by atoms with Crippen LogP contribution in [0.15, 0.2) is 0 Å². The lowest BCUT2D eigenvalue weighted by Crippen LogP contribution is -2.47. The molecule has 0 aromatic carbocycles. The number of quaternary nitrogens is 1. The maximum Gasteiger partial charge on any atom is 0.308 e. The predicted molar refractivity (Wildman–Crippen MR) is 110 cm³/mol. The van der Waals surface area contributed by atoms with Crippen molar-refractivity contribution in [1.82, 2.24) is 0 Å². The van der Waals surface area contributed by atoms with Crippen LogP contribution in [0.1, 0.15) is 58.8 Å². The van der Waals surface area contributed by atoms with E-state index >= 15 is 0 Å². The number of carbonyl (C=O) groups excluding carboxylic acids is 3. The zero-order chi connectivity index (χ0) is 22.6. The molecular weight excluding hydrogens is 390 g/mol. The Morgan fingerprint density at radius 3 is 2.20 bits per heavy atom. The Kier molecular flexibility index (Phi) is 11.4. The molecule has 0 aromatic rings. The molecule has 1 heterocycles. The van der Waals surface area contributed by atoms with Crippen LogP contribution in [-0.2, 0) is 33.3 Å². The number of ether oxygens (including phenoxy) is 4. The minimum atomic E-state index is -1.01. The number of hydrogen-bond donors (Lipinski definition) is 0. The SMILES string of the molecule is C#CC[N+](C)(C)CCCC(=O)O[C@H]1OC[C@@H](OC(=O)CCC)CC1OC(=O)CCC. The number of esters is 3. The second-order valence-electron chi connectivity index (χ2n) is 8.19. The number of rotatable bonds is 12. The summed E-state index contributed by atoms with van der Waals surface area (Å²) in [5, 5.41) is 0. The first kappa shape index (κ1) is 25.9. The molecule has 1 aliphatic rings. The lowest BCUT2D eigenvalue weighted by atomic mass is 10.1. The van der Waals surface area contributed by atoms with Crippen molar-refractivity contribution >= 4 is 17.9 Å². The third-order valence-electron chi connectivity index (χ3n) is 4.65. The highest BCUT2D eigenvalue weighted by Crippen LogP contribution is 2.23.